The molecule has 38 heavy (non-hydrogen) atoms. The van der Waals surface area contributed by atoms with Crippen LogP contribution in [-0.2, 0) is 6.42 Å². The van der Waals surface area contributed by atoms with Gasteiger partial charge in [-0.3, -0.25) is 4.98 Å². The van der Waals surface area contributed by atoms with E-state index in [0.717, 1.165) is 80.0 Å². The monoisotopic (exact) mass is 516 g/mol. The summed E-state index contributed by atoms with van der Waals surface area (Å²) in [5, 5.41) is 3.64. The van der Waals surface area contributed by atoms with Crippen molar-refractivity contribution in [3.05, 3.63) is 59.4 Å². The average molecular weight is 517 g/mol. The first-order chi connectivity index (χ1) is 18.4. The number of nitrogens with one attached hydrogen (secondary N) is 1. The van der Waals surface area contributed by atoms with Gasteiger partial charge in [-0.15, -0.1) is 0 Å². The molecule has 1 aliphatic heterocycles. The summed E-state index contributed by atoms with van der Waals surface area (Å²) in [6.45, 7) is 17.3. The number of aromatic nitrogens is 3. The van der Waals surface area contributed by atoms with Gasteiger partial charge in [-0.1, -0.05) is 13.8 Å². The first kappa shape index (κ1) is 27.7. The summed E-state index contributed by atoms with van der Waals surface area (Å²) in [4.78, 5) is 18.9. The van der Waals surface area contributed by atoms with Gasteiger partial charge in [0.1, 0.15) is 17.4 Å². The molecule has 7 heteroatoms. The lowest BCUT2D eigenvalue weighted by atomic mass is 9.90. The molecule has 0 amide bonds. The van der Waals surface area contributed by atoms with Crippen LogP contribution < -0.4 is 19.9 Å². The molecule has 1 aromatic carbocycles. The zero-order valence-electron chi connectivity index (χ0n) is 24.0. The Labute approximate surface area is 228 Å². The SMILES string of the molecule is CCOc1cc(C)c(Nc2cc(N(CC)CC)nc(N3CCC(Cc4ccncc4)CC3)n2)cc1C(C)C. The van der Waals surface area contributed by atoms with Gasteiger partial charge in [0.05, 0.1) is 6.61 Å². The van der Waals surface area contributed by atoms with Crippen LogP contribution >= 0.6 is 0 Å². The van der Waals surface area contributed by atoms with Crippen molar-refractivity contribution in [1.29, 1.82) is 0 Å². The molecular formula is C31H44N6O. The van der Waals surface area contributed by atoms with Gasteiger partial charge < -0.3 is 19.9 Å². The Hall–Kier alpha value is -3.35. The molecule has 0 radical (unpaired) electrons. The van der Waals surface area contributed by atoms with Gasteiger partial charge in [-0.05, 0) is 99.7 Å². The smallest absolute Gasteiger partial charge is 0.229 e. The number of aryl methyl sites for hydroxylation is 1. The van der Waals surface area contributed by atoms with Crippen molar-refractivity contribution in [2.75, 3.05) is 47.9 Å². The van der Waals surface area contributed by atoms with E-state index in [1.807, 2.05) is 19.3 Å². The second-order valence-electron chi connectivity index (χ2n) is 10.5. The van der Waals surface area contributed by atoms with Gasteiger partial charge in [0.15, 0.2) is 0 Å². The van der Waals surface area contributed by atoms with Gasteiger partial charge in [0, 0.05) is 50.3 Å². The van der Waals surface area contributed by atoms with Gasteiger partial charge >= 0.3 is 0 Å². The van der Waals surface area contributed by atoms with Crippen LogP contribution in [0.2, 0.25) is 0 Å². The molecule has 4 rings (SSSR count). The molecule has 2 aromatic heterocycles. The number of nitrogens with zero attached hydrogens (tertiary/aromatic N) is 5. The van der Waals surface area contributed by atoms with E-state index < -0.39 is 0 Å². The first-order valence-electron chi connectivity index (χ1n) is 14.2. The van der Waals surface area contributed by atoms with Crippen LogP contribution in [0.3, 0.4) is 0 Å². The summed E-state index contributed by atoms with van der Waals surface area (Å²) in [7, 11) is 0. The summed E-state index contributed by atoms with van der Waals surface area (Å²) >= 11 is 0. The third kappa shape index (κ3) is 6.74. The Kier molecular flexibility index (Phi) is 9.43. The van der Waals surface area contributed by atoms with Crippen molar-refractivity contribution in [3.63, 3.8) is 0 Å². The molecule has 0 atom stereocenters. The molecule has 1 N–H and O–H groups in total. The number of piperidine rings is 1. The molecule has 204 valence electrons. The summed E-state index contributed by atoms with van der Waals surface area (Å²) in [6, 6.07) is 10.7. The van der Waals surface area contributed by atoms with E-state index in [1.165, 1.54) is 11.1 Å². The third-order valence-corrected chi connectivity index (χ3v) is 7.50. The summed E-state index contributed by atoms with van der Waals surface area (Å²) in [6.07, 6.45) is 7.17. The van der Waals surface area contributed by atoms with E-state index in [2.05, 4.69) is 85.1 Å². The molecule has 0 aliphatic carbocycles. The van der Waals surface area contributed by atoms with Crippen LogP contribution in [-0.4, -0.2) is 47.7 Å². The number of pyridine rings is 1. The minimum atomic E-state index is 0.360. The predicted octanol–water partition coefficient (Wildman–Crippen LogP) is 6.75. The number of benzene rings is 1. The highest BCUT2D eigenvalue weighted by Gasteiger charge is 2.23. The molecule has 3 aromatic rings. The summed E-state index contributed by atoms with van der Waals surface area (Å²) in [5.41, 5.74) is 4.77. The third-order valence-electron chi connectivity index (χ3n) is 7.50. The van der Waals surface area contributed by atoms with E-state index in [9.17, 15) is 0 Å². The van der Waals surface area contributed by atoms with Crippen molar-refractivity contribution in [1.82, 2.24) is 15.0 Å². The maximum Gasteiger partial charge on any atom is 0.229 e. The molecule has 0 saturated carbocycles. The Morgan fingerprint density at radius 3 is 2.37 bits per heavy atom. The van der Waals surface area contributed by atoms with Crippen LogP contribution in [0.15, 0.2) is 42.7 Å². The second-order valence-corrected chi connectivity index (χ2v) is 10.5. The van der Waals surface area contributed by atoms with Gasteiger partial charge in [-0.25, -0.2) is 0 Å². The van der Waals surface area contributed by atoms with E-state index in [4.69, 9.17) is 14.7 Å². The highest BCUT2D eigenvalue weighted by atomic mass is 16.5. The fourth-order valence-electron chi connectivity index (χ4n) is 5.23. The van der Waals surface area contributed by atoms with Crippen molar-refractivity contribution in [2.24, 2.45) is 5.92 Å². The number of rotatable bonds is 11. The van der Waals surface area contributed by atoms with Crippen molar-refractivity contribution in [2.45, 2.75) is 66.7 Å². The molecule has 0 bridgehead atoms. The zero-order chi connectivity index (χ0) is 27.1. The van der Waals surface area contributed by atoms with E-state index in [1.54, 1.807) is 0 Å². The average Bonchev–Trinajstić information content (AvgIpc) is 2.92. The number of hydrogen-bond acceptors (Lipinski definition) is 7. The largest absolute Gasteiger partial charge is 0.494 e. The van der Waals surface area contributed by atoms with E-state index in [-0.39, 0.29) is 0 Å². The zero-order valence-corrected chi connectivity index (χ0v) is 24.0. The maximum absolute atomic E-state index is 5.94. The molecule has 3 heterocycles. The lowest BCUT2D eigenvalue weighted by Gasteiger charge is -2.33. The number of ether oxygens (including phenoxy) is 1. The first-order valence-corrected chi connectivity index (χ1v) is 14.2. The molecule has 0 spiro atoms. The normalized spacial score (nSPS) is 14.1. The van der Waals surface area contributed by atoms with Crippen LogP contribution in [0, 0.1) is 12.8 Å². The lowest BCUT2D eigenvalue weighted by molar-refractivity contribution is 0.335. The number of hydrogen-bond donors (Lipinski definition) is 1. The lowest BCUT2D eigenvalue weighted by Crippen LogP contribution is -2.36. The minimum absolute atomic E-state index is 0.360. The molecule has 1 fully saturated rings. The molecular weight excluding hydrogens is 472 g/mol. The Balaban J connectivity index is 1.58. The standard InChI is InChI=1S/C31H44N6O/c1-7-36(8-2)30-21-29(33-27-20-26(22(4)5)28(38-9-3)18-23(27)6)34-31(35-30)37-16-12-25(13-17-37)19-24-10-14-32-15-11-24/h10-11,14-15,18,20-22,25H,7-9,12-13,16-17,19H2,1-6H3,(H,33,34,35). The Morgan fingerprint density at radius 1 is 1.03 bits per heavy atom. The second kappa shape index (κ2) is 12.9. The van der Waals surface area contributed by atoms with Gasteiger partial charge in [-0.2, -0.15) is 9.97 Å². The van der Waals surface area contributed by atoms with Crippen molar-refractivity contribution < 1.29 is 4.74 Å². The molecule has 7 nitrogen and oxygen atoms in total. The predicted molar refractivity (Wildman–Crippen MR) is 158 cm³/mol. The number of anilines is 4. The van der Waals surface area contributed by atoms with Crippen molar-refractivity contribution in [3.8, 4) is 5.75 Å². The van der Waals surface area contributed by atoms with E-state index in [0.29, 0.717) is 18.4 Å². The highest BCUT2D eigenvalue weighted by Crippen LogP contribution is 2.34. The highest BCUT2D eigenvalue weighted by molar-refractivity contribution is 5.67. The Morgan fingerprint density at radius 2 is 1.74 bits per heavy atom. The van der Waals surface area contributed by atoms with Crippen LogP contribution in [0.1, 0.15) is 70.1 Å². The van der Waals surface area contributed by atoms with Gasteiger partial charge in [0.2, 0.25) is 5.95 Å². The van der Waals surface area contributed by atoms with E-state index >= 15 is 0 Å². The van der Waals surface area contributed by atoms with Crippen molar-refractivity contribution >= 4 is 23.3 Å². The molecule has 0 unspecified atom stereocenters. The molecule has 1 aliphatic rings. The van der Waals surface area contributed by atoms with Crippen LogP contribution in [0.25, 0.3) is 0 Å². The summed E-state index contributed by atoms with van der Waals surface area (Å²) in [5.74, 6) is 4.61. The van der Waals surface area contributed by atoms with Crippen LogP contribution in [0.4, 0.5) is 23.3 Å². The fourth-order valence-corrected chi connectivity index (χ4v) is 5.23. The van der Waals surface area contributed by atoms with Gasteiger partial charge in [0.25, 0.3) is 0 Å². The minimum Gasteiger partial charge on any atom is -0.494 e. The Bertz CT molecular complexity index is 1170. The summed E-state index contributed by atoms with van der Waals surface area (Å²) < 4.78 is 5.94. The quantitative estimate of drug-likeness (QED) is 0.302. The maximum atomic E-state index is 5.94. The topological polar surface area (TPSA) is 66.4 Å². The fraction of sp³-hybridized carbons (Fsp3) is 0.516. The van der Waals surface area contributed by atoms with Crippen LogP contribution in [0.5, 0.6) is 5.75 Å². The molecule has 1 saturated heterocycles.